The van der Waals surface area contributed by atoms with Gasteiger partial charge in [-0.05, 0) is 57.2 Å². The summed E-state index contributed by atoms with van der Waals surface area (Å²) in [4.78, 5) is 46.1. The minimum atomic E-state index is -0.426. The number of nitrogens with zero attached hydrogens (tertiary/aromatic N) is 4. The van der Waals surface area contributed by atoms with Crippen LogP contribution in [0.15, 0.2) is 18.2 Å². The Morgan fingerprint density at radius 2 is 1.68 bits per heavy atom. The summed E-state index contributed by atoms with van der Waals surface area (Å²) in [5.41, 5.74) is 1.97. The Bertz CT molecular complexity index is 893. The lowest BCUT2D eigenvalue weighted by molar-refractivity contribution is -0.136. The third kappa shape index (κ3) is 5.63. The summed E-state index contributed by atoms with van der Waals surface area (Å²) in [6.07, 6.45) is 5.59. The van der Waals surface area contributed by atoms with Crippen molar-refractivity contribution < 1.29 is 19.1 Å². The number of amides is 3. The number of ether oxygens (including phenoxy) is 1. The predicted molar refractivity (Wildman–Crippen MR) is 131 cm³/mol. The zero-order valence-electron chi connectivity index (χ0n) is 20.4. The predicted octanol–water partition coefficient (Wildman–Crippen LogP) is 2.62. The third-order valence-corrected chi connectivity index (χ3v) is 7.25. The minimum absolute atomic E-state index is 0.182. The van der Waals surface area contributed by atoms with Gasteiger partial charge in [0.15, 0.2) is 0 Å². The number of likely N-dealkylation sites (tertiary alicyclic amines) is 1. The zero-order valence-corrected chi connectivity index (χ0v) is 20.4. The highest BCUT2D eigenvalue weighted by Gasteiger charge is 2.28. The molecule has 1 unspecified atom stereocenters. The normalized spacial score (nSPS) is 21.5. The molecule has 1 N–H and O–H groups in total. The molecule has 0 aromatic heterocycles. The zero-order chi connectivity index (χ0) is 24.1. The molecule has 3 aliphatic rings. The van der Waals surface area contributed by atoms with Crippen molar-refractivity contribution in [1.82, 2.24) is 14.7 Å². The smallest absolute Gasteiger partial charge is 0.337 e. The van der Waals surface area contributed by atoms with E-state index in [4.69, 9.17) is 4.74 Å². The van der Waals surface area contributed by atoms with Crippen LogP contribution in [-0.2, 0) is 9.53 Å². The Balaban J connectivity index is 1.35. The molecule has 34 heavy (non-hydrogen) atoms. The summed E-state index contributed by atoms with van der Waals surface area (Å²) in [5, 5.41) is 3.03. The third-order valence-electron chi connectivity index (χ3n) is 7.25. The van der Waals surface area contributed by atoms with Crippen LogP contribution in [0.4, 0.5) is 16.2 Å². The number of nitrogens with one attached hydrogen (secondary N) is 1. The topological polar surface area (TPSA) is 85.4 Å². The van der Waals surface area contributed by atoms with Crippen LogP contribution in [0.5, 0.6) is 0 Å². The lowest BCUT2D eigenvalue weighted by Crippen LogP contribution is -2.53. The Kier molecular flexibility index (Phi) is 7.92. The number of carbonyl (C=O) groups is 3. The van der Waals surface area contributed by atoms with E-state index in [-0.39, 0.29) is 11.9 Å². The van der Waals surface area contributed by atoms with Crippen molar-refractivity contribution in [3.8, 4) is 0 Å². The summed E-state index contributed by atoms with van der Waals surface area (Å²) in [5.74, 6) is -0.232. The average molecular weight is 472 g/mol. The maximum absolute atomic E-state index is 13.1. The van der Waals surface area contributed by atoms with E-state index in [1.807, 2.05) is 11.0 Å². The van der Waals surface area contributed by atoms with E-state index in [1.54, 1.807) is 17.0 Å². The first-order valence-corrected chi connectivity index (χ1v) is 12.5. The lowest BCUT2D eigenvalue weighted by Gasteiger charge is -2.38. The highest BCUT2D eigenvalue weighted by Crippen LogP contribution is 2.30. The molecule has 0 bridgehead atoms. The van der Waals surface area contributed by atoms with Gasteiger partial charge in [-0.1, -0.05) is 0 Å². The van der Waals surface area contributed by atoms with Gasteiger partial charge >= 0.3 is 12.0 Å². The van der Waals surface area contributed by atoms with Crippen molar-refractivity contribution >= 4 is 29.3 Å². The van der Waals surface area contributed by atoms with E-state index in [9.17, 15) is 14.4 Å². The minimum Gasteiger partial charge on any atom is -0.465 e. The second-order valence-corrected chi connectivity index (χ2v) is 9.54. The number of hydrogen-bond donors (Lipinski definition) is 1. The van der Waals surface area contributed by atoms with Gasteiger partial charge in [-0.3, -0.25) is 9.69 Å². The molecule has 0 spiro atoms. The van der Waals surface area contributed by atoms with Gasteiger partial charge in [0, 0.05) is 51.9 Å². The van der Waals surface area contributed by atoms with Gasteiger partial charge in [-0.2, -0.15) is 0 Å². The molecule has 0 radical (unpaired) electrons. The van der Waals surface area contributed by atoms with Crippen LogP contribution in [0.25, 0.3) is 0 Å². The molecule has 186 valence electrons. The summed E-state index contributed by atoms with van der Waals surface area (Å²) >= 11 is 0. The number of benzene rings is 1. The molecule has 3 saturated heterocycles. The number of anilines is 2. The molecule has 4 rings (SSSR count). The number of piperazine rings is 1. The Labute approximate surface area is 202 Å². The van der Waals surface area contributed by atoms with Gasteiger partial charge in [-0.15, -0.1) is 0 Å². The number of esters is 1. The van der Waals surface area contributed by atoms with Crippen molar-refractivity contribution in [2.24, 2.45) is 0 Å². The van der Waals surface area contributed by atoms with E-state index in [0.29, 0.717) is 50.0 Å². The molecule has 9 heteroatoms. The van der Waals surface area contributed by atoms with Crippen molar-refractivity contribution in [2.45, 2.75) is 45.1 Å². The molecule has 0 aliphatic carbocycles. The van der Waals surface area contributed by atoms with Gasteiger partial charge in [-0.25, -0.2) is 9.59 Å². The fourth-order valence-electron chi connectivity index (χ4n) is 5.17. The first-order chi connectivity index (χ1) is 16.5. The number of methoxy groups -OCH3 is 1. The number of rotatable bonds is 5. The molecule has 1 aromatic rings. The molecular weight excluding hydrogens is 434 g/mol. The van der Waals surface area contributed by atoms with Gasteiger partial charge in [0.25, 0.3) is 0 Å². The van der Waals surface area contributed by atoms with Crippen LogP contribution in [0.3, 0.4) is 0 Å². The van der Waals surface area contributed by atoms with Crippen LogP contribution >= 0.6 is 0 Å². The SMILES string of the molecule is COC(=O)c1ccc(N2CCCC2)c(NC(=O)N2CCN(CC(=O)N3CCCCC3C)CC2)c1. The van der Waals surface area contributed by atoms with Gasteiger partial charge in [0.05, 0.1) is 30.6 Å². The second-order valence-electron chi connectivity index (χ2n) is 9.54. The molecule has 0 saturated carbocycles. The maximum Gasteiger partial charge on any atom is 0.337 e. The Hall–Kier alpha value is -2.81. The fraction of sp³-hybridized carbons (Fsp3) is 0.640. The first-order valence-electron chi connectivity index (χ1n) is 12.5. The highest BCUT2D eigenvalue weighted by atomic mass is 16.5. The number of hydrogen-bond acceptors (Lipinski definition) is 6. The molecule has 3 aliphatic heterocycles. The molecule has 3 fully saturated rings. The standard InChI is InChI=1S/C25H37N5O4/c1-19-7-3-4-12-30(19)23(31)18-27-13-15-29(16-14-27)25(33)26-21-17-20(24(32)34-2)8-9-22(21)28-10-5-6-11-28/h8-9,17,19H,3-7,10-16,18H2,1-2H3,(H,26,33). The maximum atomic E-state index is 13.1. The number of urea groups is 1. The van der Waals surface area contributed by atoms with E-state index < -0.39 is 5.97 Å². The number of piperidine rings is 1. The van der Waals surface area contributed by atoms with E-state index >= 15 is 0 Å². The van der Waals surface area contributed by atoms with Gasteiger partial charge < -0.3 is 24.8 Å². The average Bonchev–Trinajstić information content (AvgIpc) is 3.39. The molecule has 3 heterocycles. The molecule has 9 nitrogen and oxygen atoms in total. The summed E-state index contributed by atoms with van der Waals surface area (Å²) in [6.45, 7) is 7.73. The van der Waals surface area contributed by atoms with Crippen LogP contribution in [0.1, 0.15) is 49.4 Å². The summed E-state index contributed by atoms with van der Waals surface area (Å²) in [7, 11) is 1.35. The van der Waals surface area contributed by atoms with E-state index in [2.05, 4.69) is 22.0 Å². The van der Waals surface area contributed by atoms with Gasteiger partial charge in [0.1, 0.15) is 0 Å². The van der Waals surface area contributed by atoms with E-state index in [0.717, 1.165) is 51.0 Å². The lowest BCUT2D eigenvalue weighted by atomic mass is 10.0. The van der Waals surface area contributed by atoms with Crippen LogP contribution < -0.4 is 10.2 Å². The van der Waals surface area contributed by atoms with E-state index in [1.165, 1.54) is 13.5 Å². The molecule has 3 amide bonds. The second kappa shape index (κ2) is 11.1. The first kappa shape index (κ1) is 24.3. The fourth-order valence-corrected chi connectivity index (χ4v) is 5.17. The van der Waals surface area contributed by atoms with Gasteiger partial charge in [0.2, 0.25) is 5.91 Å². The summed E-state index contributed by atoms with van der Waals surface area (Å²) < 4.78 is 4.86. The summed E-state index contributed by atoms with van der Waals surface area (Å²) in [6, 6.07) is 5.47. The van der Waals surface area contributed by atoms with Crippen LogP contribution in [0, 0.1) is 0 Å². The highest BCUT2D eigenvalue weighted by molar-refractivity contribution is 5.97. The van der Waals surface area contributed by atoms with Crippen LogP contribution in [-0.4, -0.2) is 98.1 Å². The van der Waals surface area contributed by atoms with Crippen molar-refractivity contribution in [3.05, 3.63) is 23.8 Å². The van der Waals surface area contributed by atoms with Crippen LogP contribution in [0.2, 0.25) is 0 Å². The molecule has 1 aromatic carbocycles. The monoisotopic (exact) mass is 471 g/mol. The molecular formula is C25H37N5O4. The Morgan fingerprint density at radius 1 is 0.971 bits per heavy atom. The number of carbonyl (C=O) groups excluding carboxylic acids is 3. The molecule has 1 atom stereocenters. The Morgan fingerprint density at radius 3 is 2.35 bits per heavy atom. The quantitative estimate of drug-likeness (QED) is 0.665. The van der Waals surface area contributed by atoms with Crippen molar-refractivity contribution in [3.63, 3.8) is 0 Å². The largest absolute Gasteiger partial charge is 0.465 e. The van der Waals surface area contributed by atoms with Crippen molar-refractivity contribution in [2.75, 3.05) is 69.7 Å². The van der Waals surface area contributed by atoms with Crippen molar-refractivity contribution in [1.29, 1.82) is 0 Å².